The van der Waals surface area contributed by atoms with Gasteiger partial charge in [-0.25, -0.2) is 4.90 Å². The highest BCUT2D eigenvalue weighted by atomic mass is 16.5. The number of methoxy groups -OCH3 is 1. The zero-order valence-electron chi connectivity index (χ0n) is 17.5. The number of anilines is 2. The highest BCUT2D eigenvalue weighted by Crippen LogP contribution is 2.32. The molecular formula is C22H23N5O4. The van der Waals surface area contributed by atoms with Crippen molar-refractivity contribution < 1.29 is 19.1 Å². The van der Waals surface area contributed by atoms with Crippen molar-refractivity contribution in [2.75, 3.05) is 23.9 Å². The molecule has 1 N–H and O–H groups in total. The molecule has 4 rings (SSSR count). The number of nitrogens with zero attached hydrogens (tertiary/aromatic N) is 4. The second-order valence-corrected chi connectivity index (χ2v) is 7.70. The van der Waals surface area contributed by atoms with Crippen LogP contribution in [0, 0.1) is 0 Å². The Balaban J connectivity index is 1.48. The van der Waals surface area contributed by atoms with Crippen LogP contribution in [-0.4, -0.2) is 48.5 Å². The molecule has 2 heterocycles. The van der Waals surface area contributed by atoms with Gasteiger partial charge in [-0.1, -0.05) is 43.3 Å². The van der Waals surface area contributed by atoms with E-state index < -0.39 is 29.8 Å². The standard InChI is InChI=1S/C22H23N5O4/c1-13(2)14-8-10-15(11-9-14)27-21(29)19-20(22(27)30)26(25-24-19)12-18(28)23-16-6-4-5-7-17(16)31-3/h4-11,13,19-20H,12H2,1-3H3,(H,23,28)/t19-,20-/m0/s1. The van der Waals surface area contributed by atoms with Gasteiger partial charge >= 0.3 is 0 Å². The fraction of sp³-hybridized carbons (Fsp3) is 0.318. The van der Waals surface area contributed by atoms with Gasteiger partial charge in [0.15, 0.2) is 12.1 Å². The molecule has 2 aromatic rings. The summed E-state index contributed by atoms with van der Waals surface area (Å²) in [5.41, 5.74) is 2.10. The van der Waals surface area contributed by atoms with Crippen molar-refractivity contribution in [2.24, 2.45) is 10.3 Å². The molecule has 9 nitrogen and oxygen atoms in total. The predicted octanol–water partition coefficient (Wildman–Crippen LogP) is 2.75. The molecule has 0 unspecified atom stereocenters. The number of benzene rings is 2. The molecule has 0 saturated carbocycles. The lowest BCUT2D eigenvalue weighted by molar-refractivity contribution is -0.123. The third kappa shape index (κ3) is 3.74. The lowest BCUT2D eigenvalue weighted by atomic mass is 10.0. The summed E-state index contributed by atoms with van der Waals surface area (Å²) in [6, 6.07) is 12.4. The fourth-order valence-corrected chi connectivity index (χ4v) is 3.70. The third-order valence-corrected chi connectivity index (χ3v) is 5.36. The molecule has 31 heavy (non-hydrogen) atoms. The Labute approximate surface area is 179 Å². The molecule has 0 spiro atoms. The first-order chi connectivity index (χ1) is 14.9. The second-order valence-electron chi connectivity index (χ2n) is 7.70. The lowest BCUT2D eigenvalue weighted by Gasteiger charge is -2.20. The van der Waals surface area contributed by atoms with Crippen LogP contribution < -0.4 is 15.0 Å². The quantitative estimate of drug-likeness (QED) is 0.723. The van der Waals surface area contributed by atoms with Gasteiger partial charge in [-0.15, -0.1) is 0 Å². The molecule has 2 aliphatic heterocycles. The number of carbonyl (C=O) groups is 3. The van der Waals surface area contributed by atoms with Crippen LogP contribution >= 0.6 is 0 Å². The summed E-state index contributed by atoms with van der Waals surface area (Å²) >= 11 is 0. The van der Waals surface area contributed by atoms with Gasteiger partial charge in [0.25, 0.3) is 11.8 Å². The first-order valence-corrected chi connectivity index (χ1v) is 9.98. The van der Waals surface area contributed by atoms with Crippen LogP contribution in [0.4, 0.5) is 11.4 Å². The molecule has 1 saturated heterocycles. The summed E-state index contributed by atoms with van der Waals surface area (Å²) in [5.74, 6) is -0.431. The molecule has 1 fully saturated rings. The fourth-order valence-electron chi connectivity index (χ4n) is 3.70. The van der Waals surface area contributed by atoms with Crippen LogP contribution in [0.15, 0.2) is 58.9 Å². The molecule has 2 atom stereocenters. The maximum atomic E-state index is 13.1. The minimum absolute atomic E-state index is 0.220. The summed E-state index contributed by atoms with van der Waals surface area (Å²) in [4.78, 5) is 39.6. The van der Waals surface area contributed by atoms with Crippen molar-refractivity contribution in [3.8, 4) is 5.75 Å². The summed E-state index contributed by atoms with van der Waals surface area (Å²) in [6.45, 7) is 3.92. The number of nitrogens with one attached hydrogen (secondary N) is 1. The van der Waals surface area contributed by atoms with Crippen molar-refractivity contribution in [3.63, 3.8) is 0 Å². The van der Waals surface area contributed by atoms with Crippen molar-refractivity contribution in [1.29, 1.82) is 0 Å². The summed E-state index contributed by atoms with van der Waals surface area (Å²) in [6.07, 6.45) is 0. The highest BCUT2D eigenvalue weighted by Gasteiger charge is 2.55. The van der Waals surface area contributed by atoms with E-state index in [4.69, 9.17) is 4.74 Å². The first kappa shape index (κ1) is 20.5. The number of hydrogen-bond donors (Lipinski definition) is 1. The molecule has 0 aliphatic carbocycles. The minimum Gasteiger partial charge on any atom is -0.495 e. The lowest BCUT2D eigenvalue weighted by Crippen LogP contribution is -2.43. The van der Waals surface area contributed by atoms with E-state index in [0.29, 0.717) is 23.0 Å². The average Bonchev–Trinajstić information content (AvgIpc) is 3.28. The first-order valence-electron chi connectivity index (χ1n) is 9.98. The second kappa shape index (κ2) is 8.17. The molecule has 0 radical (unpaired) electrons. The van der Waals surface area contributed by atoms with Crippen molar-refractivity contribution in [2.45, 2.75) is 31.8 Å². The van der Waals surface area contributed by atoms with Gasteiger partial charge in [0.05, 0.1) is 18.5 Å². The number of carbonyl (C=O) groups excluding carboxylic acids is 3. The van der Waals surface area contributed by atoms with E-state index in [1.165, 1.54) is 12.1 Å². The topological polar surface area (TPSA) is 104 Å². The van der Waals surface area contributed by atoms with Crippen LogP contribution in [0.3, 0.4) is 0 Å². The summed E-state index contributed by atoms with van der Waals surface area (Å²) < 4.78 is 5.23. The Morgan fingerprint density at radius 2 is 1.81 bits per heavy atom. The number of ether oxygens (including phenoxy) is 1. The minimum atomic E-state index is -0.948. The van der Waals surface area contributed by atoms with Gasteiger partial charge in [-0.05, 0) is 35.7 Å². The molecule has 2 aliphatic rings. The Hall–Kier alpha value is -3.75. The van der Waals surface area contributed by atoms with Crippen LogP contribution in [0.5, 0.6) is 5.75 Å². The maximum absolute atomic E-state index is 13.1. The normalized spacial score (nSPS) is 19.9. The third-order valence-electron chi connectivity index (χ3n) is 5.36. The monoisotopic (exact) mass is 421 g/mol. The predicted molar refractivity (Wildman–Crippen MR) is 114 cm³/mol. The molecule has 0 bridgehead atoms. The zero-order valence-corrected chi connectivity index (χ0v) is 17.5. The summed E-state index contributed by atoms with van der Waals surface area (Å²) in [7, 11) is 1.51. The molecule has 2 aromatic carbocycles. The number of amides is 3. The number of para-hydroxylation sites is 2. The largest absolute Gasteiger partial charge is 0.495 e. The van der Waals surface area contributed by atoms with Gasteiger partial charge in [-0.2, -0.15) is 5.11 Å². The van der Waals surface area contributed by atoms with Crippen LogP contribution in [0.25, 0.3) is 0 Å². The van der Waals surface area contributed by atoms with Crippen LogP contribution in [0.2, 0.25) is 0 Å². The molecule has 3 amide bonds. The van der Waals surface area contributed by atoms with E-state index in [9.17, 15) is 14.4 Å². The van der Waals surface area contributed by atoms with Crippen LogP contribution in [-0.2, 0) is 14.4 Å². The van der Waals surface area contributed by atoms with Crippen molar-refractivity contribution >= 4 is 29.1 Å². The number of imide groups is 1. The van der Waals surface area contributed by atoms with E-state index in [1.807, 2.05) is 12.1 Å². The van der Waals surface area contributed by atoms with Gasteiger partial charge in [-0.3, -0.25) is 19.4 Å². The number of rotatable bonds is 6. The van der Waals surface area contributed by atoms with E-state index in [0.717, 1.165) is 10.5 Å². The molecule has 0 aromatic heterocycles. The van der Waals surface area contributed by atoms with Gasteiger partial charge in [0.2, 0.25) is 5.91 Å². The Kier molecular flexibility index (Phi) is 5.41. The Morgan fingerprint density at radius 3 is 2.48 bits per heavy atom. The van der Waals surface area contributed by atoms with Gasteiger partial charge < -0.3 is 10.1 Å². The Bertz CT molecular complexity index is 1050. The van der Waals surface area contributed by atoms with E-state index in [2.05, 4.69) is 29.5 Å². The zero-order chi connectivity index (χ0) is 22.1. The van der Waals surface area contributed by atoms with Gasteiger partial charge in [0, 0.05) is 0 Å². The van der Waals surface area contributed by atoms with Crippen molar-refractivity contribution in [1.82, 2.24) is 5.01 Å². The van der Waals surface area contributed by atoms with E-state index >= 15 is 0 Å². The Morgan fingerprint density at radius 1 is 1.10 bits per heavy atom. The molecule has 9 heteroatoms. The van der Waals surface area contributed by atoms with Gasteiger partial charge in [0.1, 0.15) is 12.3 Å². The van der Waals surface area contributed by atoms with E-state index in [1.54, 1.807) is 36.4 Å². The van der Waals surface area contributed by atoms with E-state index in [-0.39, 0.29) is 6.54 Å². The number of fused-ring (bicyclic) bond motifs is 1. The highest BCUT2D eigenvalue weighted by molar-refractivity contribution is 6.25. The maximum Gasteiger partial charge on any atom is 0.263 e. The summed E-state index contributed by atoms with van der Waals surface area (Å²) in [5, 5.41) is 11.9. The van der Waals surface area contributed by atoms with Crippen molar-refractivity contribution in [3.05, 3.63) is 54.1 Å². The smallest absolute Gasteiger partial charge is 0.263 e. The SMILES string of the molecule is COc1ccccc1NC(=O)CN1N=N[C@@H]2C(=O)N(c3ccc(C(C)C)cc3)C(=O)[C@H]21. The molecule has 160 valence electrons. The van der Waals surface area contributed by atoms with Crippen LogP contribution in [0.1, 0.15) is 25.3 Å². The number of hydrogen-bond acceptors (Lipinski definition) is 7. The molecular weight excluding hydrogens is 398 g/mol. The average molecular weight is 421 g/mol.